The molecule has 0 heterocycles. The number of hydrogen-bond donors (Lipinski definition) is 0. The van der Waals surface area contributed by atoms with Crippen LogP contribution < -0.4 is 0 Å². The Kier molecular flexibility index (Phi) is 2.65. The highest BCUT2D eigenvalue weighted by Gasteiger charge is 2.19. The molecule has 48 valence electrons. The standard InChI is InChI=1S/C4H7BF3/c1-2-3-4-5(6,7)8/h2-3H,4H2,1H3/q-1/b3-2+. The summed E-state index contributed by atoms with van der Waals surface area (Å²) in [5.74, 6) is 0. The van der Waals surface area contributed by atoms with Crippen molar-refractivity contribution in [3.8, 4) is 0 Å². The zero-order valence-electron chi connectivity index (χ0n) is 4.57. The minimum atomic E-state index is -4.59. The fraction of sp³-hybridized carbons (Fsp3) is 0.500. The van der Waals surface area contributed by atoms with E-state index in [2.05, 4.69) is 0 Å². The Morgan fingerprint density at radius 2 is 1.88 bits per heavy atom. The van der Waals surface area contributed by atoms with Gasteiger partial charge in [-0.1, -0.05) is 12.4 Å². The van der Waals surface area contributed by atoms with Crippen molar-refractivity contribution >= 4 is 6.98 Å². The van der Waals surface area contributed by atoms with Crippen LogP contribution in [0, 0.1) is 0 Å². The van der Waals surface area contributed by atoms with E-state index in [1.54, 1.807) is 6.92 Å². The second-order valence-electron chi connectivity index (χ2n) is 1.52. The molecule has 0 aromatic heterocycles. The van der Waals surface area contributed by atoms with E-state index in [0.717, 1.165) is 6.08 Å². The van der Waals surface area contributed by atoms with Crippen LogP contribution >= 0.6 is 0 Å². The van der Waals surface area contributed by atoms with Gasteiger partial charge in [-0.2, -0.15) is 0 Å². The summed E-state index contributed by atoms with van der Waals surface area (Å²) in [6.45, 7) is -3.02. The van der Waals surface area contributed by atoms with E-state index in [9.17, 15) is 12.9 Å². The fourth-order valence-electron chi connectivity index (χ4n) is 0.290. The van der Waals surface area contributed by atoms with Gasteiger partial charge in [-0.25, -0.2) is 0 Å². The van der Waals surface area contributed by atoms with Gasteiger partial charge in [-0.15, -0.1) is 6.08 Å². The Morgan fingerprint density at radius 1 is 1.38 bits per heavy atom. The first-order chi connectivity index (χ1) is 3.56. The first kappa shape index (κ1) is 7.59. The molecule has 4 heteroatoms. The molecule has 0 radical (unpaired) electrons. The predicted molar refractivity (Wildman–Crippen MR) is 28.7 cm³/mol. The zero-order valence-corrected chi connectivity index (χ0v) is 4.57. The molecular weight excluding hydrogens is 116 g/mol. The van der Waals surface area contributed by atoms with Crippen LogP contribution in [0.3, 0.4) is 0 Å². The summed E-state index contributed by atoms with van der Waals surface area (Å²) in [5, 5.41) is 0. The highest BCUT2D eigenvalue weighted by molar-refractivity contribution is 6.58. The largest absolute Gasteiger partial charge is 0.482 e. The second-order valence-corrected chi connectivity index (χ2v) is 1.52. The number of hydrogen-bond acceptors (Lipinski definition) is 0. The van der Waals surface area contributed by atoms with Crippen LogP contribution in [-0.4, -0.2) is 6.98 Å². The highest BCUT2D eigenvalue weighted by Crippen LogP contribution is 2.14. The molecule has 0 bridgehead atoms. The molecule has 0 rings (SSSR count). The van der Waals surface area contributed by atoms with Crippen molar-refractivity contribution in [2.75, 3.05) is 0 Å². The third-order valence-electron chi connectivity index (χ3n) is 0.639. The molecule has 0 saturated heterocycles. The van der Waals surface area contributed by atoms with Crippen molar-refractivity contribution in [3.63, 3.8) is 0 Å². The maximum Gasteiger partial charge on any atom is 0.482 e. The Balaban J connectivity index is 3.39. The van der Waals surface area contributed by atoms with Gasteiger partial charge in [0, 0.05) is 0 Å². The lowest BCUT2D eigenvalue weighted by molar-refractivity contribution is 0.478. The van der Waals surface area contributed by atoms with E-state index >= 15 is 0 Å². The van der Waals surface area contributed by atoms with Gasteiger partial charge < -0.3 is 12.9 Å². The minimum Gasteiger partial charge on any atom is -0.449 e. The molecular formula is C4H7BF3-. The van der Waals surface area contributed by atoms with Gasteiger partial charge in [-0.3, -0.25) is 0 Å². The van der Waals surface area contributed by atoms with Crippen molar-refractivity contribution in [2.45, 2.75) is 13.2 Å². The van der Waals surface area contributed by atoms with E-state index in [4.69, 9.17) is 0 Å². The third kappa shape index (κ3) is 5.59. The molecule has 0 aromatic rings. The van der Waals surface area contributed by atoms with Crippen LogP contribution in [0.15, 0.2) is 12.2 Å². The van der Waals surface area contributed by atoms with Crippen molar-refractivity contribution in [3.05, 3.63) is 12.2 Å². The van der Waals surface area contributed by atoms with Crippen LogP contribution in [0.4, 0.5) is 12.9 Å². The lowest BCUT2D eigenvalue weighted by atomic mass is 9.86. The van der Waals surface area contributed by atoms with E-state index in [0.29, 0.717) is 0 Å². The van der Waals surface area contributed by atoms with Crippen LogP contribution in [-0.2, 0) is 0 Å². The molecule has 0 aliphatic carbocycles. The Morgan fingerprint density at radius 3 is 2.00 bits per heavy atom. The van der Waals surface area contributed by atoms with Crippen molar-refractivity contribution in [1.82, 2.24) is 0 Å². The summed E-state index contributed by atoms with van der Waals surface area (Å²) < 4.78 is 33.8. The fourth-order valence-corrected chi connectivity index (χ4v) is 0.290. The van der Waals surface area contributed by atoms with Crippen LogP contribution in [0.25, 0.3) is 0 Å². The van der Waals surface area contributed by atoms with Gasteiger partial charge in [0.1, 0.15) is 0 Å². The van der Waals surface area contributed by atoms with Gasteiger partial charge in [0.05, 0.1) is 0 Å². The van der Waals surface area contributed by atoms with E-state index < -0.39 is 13.3 Å². The molecule has 0 unspecified atom stereocenters. The zero-order chi connectivity index (χ0) is 6.62. The van der Waals surface area contributed by atoms with E-state index in [1.165, 1.54) is 6.08 Å². The normalized spacial score (nSPS) is 13.0. The van der Waals surface area contributed by atoms with E-state index in [1.807, 2.05) is 0 Å². The van der Waals surface area contributed by atoms with Crippen molar-refractivity contribution < 1.29 is 12.9 Å². The molecule has 0 N–H and O–H groups in total. The Labute approximate surface area is 46.4 Å². The van der Waals surface area contributed by atoms with Gasteiger partial charge in [0.15, 0.2) is 0 Å². The smallest absolute Gasteiger partial charge is 0.449 e. The van der Waals surface area contributed by atoms with Crippen LogP contribution in [0.2, 0.25) is 6.32 Å². The molecule has 0 amide bonds. The molecule has 0 nitrogen and oxygen atoms in total. The summed E-state index contributed by atoms with van der Waals surface area (Å²) >= 11 is 0. The molecule has 0 atom stereocenters. The number of halogens is 3. The Bertz CT molecular complexity index is 83.8. The summed E-state index contributed by atoms with van der Waals surface area (Å²) in [7, 11) is 0. The first-order valence-corrected chi connectivity index (χ1v) is 2.38. The highest BCUT2D eigenvalue weighted by atomic mass is 19.4. The first-order valence-electron chi connectivity index (χ1n) is 2.38. The average Bonchev–Trinajstić information content (AvgIpc) is 1.59. The van der Waals surface area contributed by atoms with Gasteiger partial charge in [0.2, 0.25) is 0 Å². The molecule has 0 aromatic carbocycles. The molecule has 0 spiro atoms. The van der Waals surface area contributed by atoms with Gasteiger partial charge in [-0.05, 0) is 6.92 Å². The van der Waals surface area contributed by atoms with Crippen molar-refractivity contribution in [1.29, 1.82) is 0 Å². The predicted octanol–water partition coefficient (Wildman–Crippen LogP) is 2.41. The summed E-state index contributed by atoms with van der Waals surface area (Å²) in [4.78, 5) is 0. The summed E-state index contributed by atoms with van der Waals surface area (Å²) in [6, 6.07) is 0. The summed E-state index contributed by atoms with van der Waals surface area (Å²) in [6.07, 6.45) is 1.76. The SMILES string of the molecule is C/C=C/C[B-](F)(F)F. The minimum absolute atomic E-state index is 0.753. The quantitative estimate of drug-likeness (QED) is 0.390. The maximum absolute atomic E-state index is 11.3. The molecule has 0 fully saturated rings. The molecule has 0 aliphatic rings. The maximum atomic E-state index is 11.3. The molecule has 0 aliphatic heterocycles. The van der Waals surface area contributed by atoms with Crippen LogP contribution in [0.1, 0.15) is 6.92 Å². The lowest BCUT2D eigenvalue weighted by Crippen LogP contribution is -2.11. The molecule has 0 saturated carbocycles. The third-order valence-corrected chi connectivity index (χ3v) is 0.639. The van der Waals surface area contributed by atoms with Gasteiger partial charge in [0.25, 0.3) is 0 Å². The Hall–Kier alpha value is -0.405. The summed E-state index contributed by atoms with van der Waals surface area (Å²) in [5.41, 5.74) is 0. The van der Waals surface area contributed by atoms with E-state index in [-0.39, 0.29) is 0 Å². The molecule has 8 heavy (non-hydrogen) atoms. The van der Waals surface area contributed by atoms with Gasteiger partial charge >= 0.3 is 6.98 Å². The monoisotopic (exact) mass is 123 g/mol. The average molecular weight is 123 g/mol. The number of rotatable bonds is 2. The topological polar surface area (TPSA) is 0 Å². The van der Waals surface area contributed by atoms with Crippen molar-refractivity contribution in [2.24, 2.45) is 0 Å². The number of allylic oxidation sites excluding steroid dienone is 2. The second kappa shape index (κ2) is 2.79. The lowest BCUT2D eigenvalue weighted by Gasteiger charge is -2.08. The van der Waals surface area contributed by atoms with Crippen LogP contribution in [0.5, 0.6) is 0 Å².